The average Bonchev–Trinajstić information content (AvgIpc) is 2.29. The van der Waals surface area contributed by atoms with Crippen molar-refractivity contribution in [3.8, 4) is 0 Å². The van der Waals surface area contributed by atoms with Crippen LogP contribution < -0.4 is 0 Å². The summed E-state index contributed by atoms with van der Waals surface area (Å²) in [5.41, 5.74) is 0.993. The molecule has 0 aliphatic heterocycles. The SMILES string of the molecule is CCCC(O)CCOS(=O)(=O)c1ccc(C)cc1.[Fe]. The smallest absolute Gasteiger partial charge is 0.296 e. The van der Waals surface area contributed by atoms with E-state index in [1.165, 1.54) is 12.1 Å². The molecule has 0 bridgehead atoms. The van der Waals surface area contributed by atoms with E-state index in [0.717, 1.165) is 12.0 Å². The molecule has 0 aromatic heterocycles. The van der Waals surface area contributed by atoms with E-state index in [-0.39, 0.29) is 28.6 Å². The molecule has 0 spiro atoms. The second-order valence-electron chi connectivity index (χ2n) is 4.32. The van der Waals surface area contributed by atoms with Gasteiger partial charge in [0.05, 0.1) is 17.6 Å². The molecule has 1 atom stereocenters. The van der Waals surface area contributed by atoms with Crippen molar-refractivity contribution in [2.24, 2.45) is 0 Å². The number of aliphatic hydroxyl groups excluding tert-OH is 1. The van der Waals surface area contributed by atoms with Crippen LogP contribution in [0.3, 0.4) is 0 Å². The Labute approximate surface area is 125 Å². The van der Waals surface area contributed by atoms with Gasteiger partial charge in [0.2, 0.25) is 0 Å². The number of hydrogen-bond acceptors (Lipinski definition) is 4. The minimum absolute atomic E-state index is 0. The predicted octanol–water partition coefficient (Wildman–Crippen LogP) is 2.25. The van der Waals surface area contributed by atoms with Crippen molar-refractivity contribution in [3.63, 3.8) is 0 Å². The van der Waals surface area contributed by atoms with Crippen molar-refractivity contribution < 1.29 is 34.8 Å². The van der Waals surface area contributed by atoms with E-state index in [1.807, 2.05) is 13.8 Å². The molecular formula is C13H20FeO4S. The molecule has 6 heteroatoms. The van der Waals surface area contributed by atoms with Gasteiger partial charge >= 0.3 is 0 Å². The largest absolute Gasteiger partial charge is 0.393 e. The van der Waals surface area contributed by atoms with Crippen LogP contribution >= 0.6 is 0 Å². The fourth-order valence-corrected chi connectivity index (χ4v) is 2.47. The maximum Gasteiger partial charge on any atom is 0.296 e. The van der Waals surface area contributed by atoms with Crippen molar-refractivity contribution in [1.82, 2.24) is 0 Å². The summed E-state index contributed by atoms with van der Waals surface area (Å²) >= 11 is 0. The number of aliphatic hydroxyl groups is 1. The minimum Gasteiger partial charge on any atom is -0.393 e. The summed E-state index contributed by atoms with van der Waals surface area (Å²) in [5.74, 6) is 0. The normalized spacial score (nSPS) is 12.8. The fourth-order valence-electron chi connectivity index (χ4n) is 1.54. The van der Waals surface area contributed by atoms with E-state index in [9.17, 15) is 13.5 Å². The Hall–Kier alpha value is -0.391. The fraction of sp³-hybridized carbons (Fsp3) is 0.538. The molecule has 110 valence electrons. The zero-order valence-corrected chi connectivity index (χ0v) is 13.1. The molecule has 1 rings (SSSR count). The molecule has 0 aliphatic rings. The van der Waals surface area contributed by atoms with Crippen LogP contribution in [0.25, 0.3) is 0 Å². The maximum atomic E-state index is 11.8. The molecule has 1 aromatic carbocycles. The molecule has 0 aliphatic carbocycles. The maximum absolute atomic E-state index is 11.8. The van der Waals surface area contributed by atoms with Gasteiger partial charge in [0.1, 0.15) is 0 Å². The quantitative estimate of drug-likeness (QED) is 0.616. The summed E-state index contributed by atoms with van der Waals surface area (Å²) in [7, 11) is -3.70. The first-order valence-electron chi connectivity index (χ1n) is 6.10. The third-order valence-corrected chi connectivity index (χ3v) is 3.95. The molecule has 0 amide bonds. The summed E-state index contributed by atoms with van der Waals surface area (Å²) in [6.07, 6.45) is 1.36. The molecule has 0 saturated carbocycles. The van der Waals surface area contributed by atoms with Gasteiger partial charge < -0.3 is 5.11 Å². The second kappa shape index (κ2) is 8.72. The minimum atomic E-state index is -3.70. The van der Waals surface area contributed by atoms with Gasteiger partial charge in [0.25, 0.3) is 10.1 Å². The molecule has 0 saturated heterocycles. The Bertz CT molecular complexity index is 456. The number of aryl methyl sites for hydroxylation is 1. The van der Waals surface area contributed by atoms with E-state index >= 15 is 0 Å². The van der Waals surface area contributed by atoms with E-state index < -0.39 is 16.2 Å². The Balaban J connectivity index is 0.00000324. The van der Waals surface area contributed by atoms with Crippen LogP contribution in [0.1, 0.15) is 31.7 Å². The first kappa shape index (κ1) is 18.6. The third-order valence-electron chi connectivity index (χ3n) is 2.62. The van der Waals surface area contributed by atoms with Gasteiger partial charge in [-0.3, -0.25) is 4.18 Å². The van der Waals surface area contributed by atoms with Crippen LogP contribution in [0.2, 0.25) is 0 Å². The molecule has 0 fully saturated rings. The van der Waals surface area contributed by atoms with Crippen molar-refractivity contribution in [2.75, 3.05) is 6.61 Å². The zero-order valence-electron chi connectivity index (χ0n) is 11.1. The van der Waals surface area contributed by atoms with Gasteiger partial charge in [0, 0.05) is 17.1 Å². The standard InChI is InChI=1S/C13H20O4S.Fe/c1-3-4-12(14)9-10-17-18(15,16)13-7-5-11(2)6-8-13;/h5-8,12,14H,3-4,9-10H2,1-2H3;. The Kier molecular flexibility index (Phi) is 8.54. The molecule has 19 heavy (non-hydrogen) atoms. The third kappa shape index (κ3) is 6.54. The number of rotatable bonds is 7. The average molecular weight is 328 g/mol. The van der Waals surface area contributed by atoms with Crippen molar-refractivity contribution in [3.05, 3.63) is 29.8 Å². The van der Waals surface area contributed by atoms with E-state index in [4.69, 9.17) is 4.18 Å². The van der Waals surface area contributed by atoms with Gasteiger partial charge in [-0.15, -0.1) is 0 Å². The van der Waals surface area contributed by atoms with Gasteiger partial charge in [-0.05, 0) is 31.9 Å². The Morgan fingerprint density at radius 1 is 1.21 bits per heavy atom. The van der Waals surface area contributed by atoms with Gasteiger partial charge in [0.15, 0.2) is 0 Å². The Morgan fingerprint density at radius 2 is 1.79 bits per heavy atom. The summed E-state index contributed by atoms with van der Waals surface area (Å²) in [6, 6.07) is 6.49. The van der Waals surface area contributed by atoms with Crippen LogP contribution in [0, 0.1) is 6.92 Å². The topological polar surface area (TPSA) is 63.6 Å². The van der Waals surface area contributed by atoms with Gasteiger partial charge in [-0.25, -0.2) is 0 Å². The molecular weight excluding hydrogens is 308 g/mol. The van der Waals surface area contributed by atoms with Crippen LogP contribution in [0.4, 0.5) is 0 Å². The van der Waals surface area contributed by atoms with Crippen LogP contribution in [-0.4, -0.2) is 26.2 Å². The van der Waals surface area contributed by atoms with E-state index in [2.05, 4.69) is 0 Å². The van der Waals surface area contributed by atoms with Crippen molar-refractivity contribution in [1.29, 1.82) is 0 Å². The summed E-state index contributed by atoms with van der Waals surface area (Å²) in [6.45, 7) is 3.86. The molecule has 1 unspecified atom stereocenters. The molecule has 0 radical (unpaired) electrons. The zero-order chi connectivity index (χ0) is 13.6. The first-order chi connectivity index (χ1) is 8.45. The number of hydrogen-bond donors (Lipinski definition) is 1. The van der Waals surface area contributed by atoms with Crippen molar-refractivity contribution in [2.45, 2.75) is 44.1 Å². The molecule has 0 heterocycles. The second-order valence-corrected chi connectivity index (χ2v) is 5.94. The monoisotopic (exact) mass is 328 g/mol. The molecule has 1 N–H and O–H groups in total. The summed E-state index contributed by atoms with van der Waals surface area (Å²) in [5, 5.41) is 9.48. The first-order valence-corrected chi connectivity index (χ1v) is 7.50. The van der Waals surface area contributed by atoms with Gasteiger partial charge in [-0.1, -0.05) is 31.0 Å². The Morgan fingerprint density at radius 3 is 2.32 bits per heavy atom. The van der Waals surface area contributed by atoms with Crippen LogP contribution in [0.15, 0.2) is 29.2 Å². The van der Waals surface area contributed by atoms with Crippen LogP contribution in [-0.2, 0) is 31.4 Å². The van der Waals surface area contributed by atoms with E-state index in [1.54, 1.807) is 12.1 Å². The summed E-state index contributed by atoms with van der Waals surface area (Å²) < 4.78 is 28.4. The van der Waals surface area contributed by atoms with Gasteiger partial charge in [-0.2, -0.15) is 8.42 Å². The van der Waals surface area contributed by atoms with Crippen LogP contribution in [0.5, 0.6) is 0 Å². The van der Waals surface area contributed by atoms with E-state index in [0.29, 0.717) is 12.8 Å². The van der Waals surface area contributed by atoms with Crippen molar-refractivity contribution >= 4 is 10.1 Å². The predicted molar refractivity (Wildman–Crippen MR) is 69.8 cm³/mol. The molecule has 1 aromatic rings. The number of benzene rings is 1. The molecule has 4 nitrogen and oxygen atoms in total. The summed E-state index contributed by atoms with van der Waals surface area (Å²) in [4.78, 5) is 0.151.